The van der Waals surface area contributed by atoms with Crippen LogP contribution in [0.2, 0.25) is 0 Å². The van der Waals surface area contributed by atoms with E-state index in [0.29, 0.717) is 36.4 Å². The number of unbranched alkanes of at least 4 members (excludes halogenated alkanes) is 6. The third kappa shape index (κ3) is 8.51. The molecule has 0 aromatic heterocycles. The predicted molar refractivity (Wildman–Crippen MR) is 150 cm³/mol. The van der Waals surface area contributed by atoms with Crippen molar-refractivity contribution in [3.63, 3.8) is 0 Å². The standard InChI is InChI=1S/C29H42O5S2/c1-29(23-10-12-24(31)13-11-23)22-35-28-21-25(32)14-15-26(28)27(29)9-7-5-3-2-4-6-8-19-36(33)20-18-34-17-16-30/h10-15,21,27,30-32H,2-9,16-20,22H2,1H3/t27-,29-,36?/m1/s1. The molecule has 200 valence electrons. The average Bonchev–Trinajstić information content (AvgIpc) is 2.87. The van der Waals surface area contributed by atoms with Crippen LogP contribution in [0.4, 0.5) is 0 Å². The summed E-state index contributed by atoms with van der Waals surface area (Å²) in [4.78, 5) is 1.19. The van der Waals surface area contributed by atoms with Gasteiger partial charge in [-0.15, -0.1) is 11.8 Å². The zero-order valence-corrected chi connectivity index (χ0v) is 23.1. The molecule has 36 heavy (non-hydrogen) atoms. The first kappa shape index (κ1) is 29.0. The van der Waals surface area contributed by atoms with Crippen molar-refractivity contribution < 1.29 is 24.3 Å². The van der Waals surface area contributed by atoms with Gasteiger partial charge in [0.15, 0.2) is 0 Å². The highest BCUT2D eigenvalue weighted by atomic mass is 32.2. The van der Waals surface area contributed by atoms with E-state index in [9.17, 15) is 14.4 Å². The van der Waals surface area contributed by atoms with Gasteiger partial charge in [-0.05, 0) is 54.2 Å². The molecular weight excluding hydrogens is 492 g/mol. The minimum atomic E-state index is -0.819. The van der Waals surface area contributed by atoms with E-state index < -0.39 is 10.8 Å². The van der Waals surface area contributed by atoms with Crippen LogP contribution < -0.4 is 0 Å². The van der Waals surface area contributed by atoms with E-state index in [1.54, 1.807) is 12.1 Å². The van der Waals surface area contributed by atoms with Crippen LogP contribution in [-0.4, -0.2) is 56.6 Å². The van der Waals surface area contributed by atoms with Gasteiger partial charge in [0.25, 0.3) is 0 Å². The Kier molecular flexibility index (Phi) is 12.1. The summed E-state index contributed by atoms with van der Waals surface area (Å²) in [6, 6.07) is 13.5. The number of aliphatic hydroxyl groups excluding tert-OH is 1. The number of thioether (sulfide) groups is 1. The molecule has 0 aliphatic carbocycles. The Labute approximate surface area is 223 Å². The fourth-order valence-electron chi connectivity index (χ4n) is 5.12. The van der Waals surface area contributed by atoms with Crippen LogP contribution in [0.1, 0.15) is 75.3 Å². The molecule has 0 saturated carbocycles. The van der Waals surface area contributed by atoms with Gasteiger partial charge in [0.05, 0.1) is 19.8 Å². The van der Waals surface area contributed by atoms with Gasteiger partial charge < -0.3 is 20.1 Å². The largest absolute Gasteiger partial charge is 0.508 e. The number of ether oxygens (including phenoxy) is 1. The van der Waals surface area contributed by atoms with E-state index in [1.807, 2.05) is 23.9 Å². The van der Waals surface area contributed by atoms with Gasteiger partial charge in [0.2, 0.25) is 0 Å². The molecule has 0 bridgehead atoms. The molecule has 5 nitrogen and oxygen atoms in total. The number of aliphatic hydroxyl groups is 1. The van der Waals surface area contributed by atoms with E-state index in [-0.39, 0.29) is 12.0 Å². The summed E-state index contributed by atoms with van der Waals surface area (Å²) in [7, 11) is -0.819. The number of benzene rings is 2. The summed E-state index contributed by atoms with van der Waals surface area (Å²) < 4.78 is 17.1. The minimum Gasteiger partial charge on any atom is -0.508 e. The van der Waals surface area contributed by atoms with Crippen LogP contribution in [0.3, 0.4) is 0 Å². The Bertz CT molecular complexity index is 949. The second-order valence-corrected chi connectivity index (χ2v) is 12.7. The van der Waals surface area contributed by atoms with Crippen molar-refractivity contribution >= 4 is 22.6 Å². The minimum absolute atomic E-state index is 0.0158. The molecule has 0 amide bonds. The zero-order valence-electron chi connectivity index (χ0n) is 21.5. The maximum atomic E-state index is 11.9. The monoisotopic (exact) mass is 534 g/mol. The summed E-state index contributed by atoms with van der Waals surface area (Å²) in [5, 5.41) is 28.5. The van der Waals surface area contributed by atoms with Crippen molar-refractivity contribution in [1.29, 1.82) is 0 Å². The lowest BCUT2D eigenvalue weighted by Crippen LogP contribution is -2.36. The predicted octanol–water partition coefficient (Wildman–Crippen LogP) is 6.12. The fourth-order valence-corrected chi connectivity index (χ4v) is 7.56. The first-order valence-electron chi connectivity index (χ1n) is 13.2. The van der Waals surface area contributed by atoms with Gasteiger partial charge in [0.1, 0.15) is 11.5 Å². The zero-order chi connectivity index (χ0) is 25.8. The topological polar surface area (TPSA) is 87.0 Å². The summed E-state index contributed by atoms with van der Waals surface area (Å²) in [6.07, 6.45) is 9.22. The molecule has 1 heterocycles. The van der Waals surface area contributed by atoms with Gasteiger partial charge in [-0.1, -0.05) is 63.6 Å². The molecule has 1 aliphatic heterocycles. The molecule has 2 aromatic carbocycles. The highest BCUT2D eigenvalue weighted by Crippen LogP contribution is 2.52. The molecule has 3 atom stereocenters. The van der Waals surface area contributed by atoms with E-state index in [2.05, 4.69) is 25.1 Å². The second-order valence-electron chi connectivity index (χ2n) is 9.98. The van der Waals surface area contributed by atoms with E-state index in [1.165, 1.54) is 48.1 Å². The maximum absolute atomic E-state index is 11.9. The Morgan fingerprint density at radius 2 is 1.58 bits per heavy atom. The Morgan fingerprint density at radius 3 is 2.31 bits per heavy atom. The summed E-state index contributed by atoms with van der Waals surface area (Å²) >= 11 is 1.81. The molecule has 3 N–H and O–H groups in total. The van der Waals surface area contributed by atoms with Crippen molar-refractivity contribution in [2.24, 2.45) is 0 Å². The molecule has 1 aliphatic rings. The summed E-state index contributed by atoms with van der Waals surface area (Å²) in [5.41, 5.74) is 2.56. The third-order valence-electron chi connectivity index (χ3n) is 7.25. The number of hydrogen-bond acceptors (Lipinski definition) is 6. The van der Waals surface area contributed by atoms with Crippen LogP contribution in [0.25, 0.3) is 0 Å². The van der Waals surface area contributed by atoms with Gasteiger partial charge in [0, 0.05) is 38.4 Å². The normalized spacial score (nSPS) is 20.2. The number of hydrogen-bond donors (Lipinski definition) is 3. The number of aromatic hydroxyl groups is 2. The van der Waals surface area contributed by atoms with Gasteiger partial charge in [-0.2, -0.15) is 0 Å². The molecule has 0 spiro atoms. The molecular formula is C29H42O5S2. The van der Waals surface area contributed by atoms with Gasteiger partial charge in [-0.3, -0.25) is 4.21 Å². The van der Waals surface area contributed by atoms with E-state index >= 15 is 0 Å². The number of phenols is 2. The van der Waals surface area contributed by atoms with Gasteiger partial charge >= 0.3 is 0 Å². The van der Waals surface area contributed by atoms with E-state index in [4.69, 9.17) is 9.84 Å². The fraction of sp³-hybridized carbons (Fsp3) is 0.586. The highest BCUT2D eigenvalue weighted by Gasteiger charge is 2.41. The molecule has 0 fully saturated rings. The van der Waals surface area contributed by atoms with Crippen LogP contribution in [0.15, 0.2) is 47.4 Å². The van der Waals surface area contributed by atoms with Crippen LogP contribution in [0.5, 0.6) is 11.5 Å². The molecule has 0 saturated heterocycles. The van der Waals surface area contributed by atoms with Crippen molar-refractivity contribution in [1.82, 2.24) is 0 Å². The number of fused-ring (bicyclic) bond motifs is 1. The molecule has 7 heteroatoms. The van der Waals surface area contributed by atoms with Crippen molar-refractivity contribution in [3.8, 4) is 11.5 Å². The molecule has 0 radical (unpaired) electrons. The van der Waals surface area contributed by atoms with E-state index in [0.717, 1.165) is 30.8 Å². The summed E-state index contributed by atoms with van der Waals surface area (Å²) in [6.45, 7) is 3.14. The first-order chi connectivity index (χ1) is 17.4. The lowest BCUT2D eigenvalue weighted by Gasteiger charge is -2.43. The Morgan fingerprint density at radius 1 is 0.917 bits per heavy atom. The Hall–Kier alpha value is -1.54. The summed E-state index contributed by atoms with van der Waals surface area (Å²) in [5.74, 6) is 3.25. The Balaban J connectivity index is 1.43. The van der Waals surface area contributed by atoms with Crippen LogP contribution in [0, 0.1) is 0 Å². The highest BCUT2D eigenvalue weighted by molar-refractivity contribution is 7.99. The van der Waals surface area contributed by atoms with Crippen LogP contribution >= 0.6 is 11.8 Å². The average molecular weight is 535 g/mol. The lowest BCUT2D eigenvalue weighted by molar-refractivity contribution is 0.103. The van der Waals surface area contributed by atoms with Gasteiger partial charge in [-0.25, -0.2) is 0 Å². The smallest absolute Gasteiger partial charge is 0.116 e. The van der Waals surface area contributed by atoms with Crippen molar-refractivity contribution in [2.75, 3.05) is 37.1 Å². The number of rotatable bonds is 16. The molecule has 3 rings (SSSR count). The number of phenolic OH excluding ortho intramolecular Hbond substituents is 2. The molecule has 2 aromatic rings. The third-order valence-corrected chi connectivity index (χ3v) is 10.0. The van der Waals surface area contributed by atoms with Crippen molar-refractivity contribution in [2.45, 2.75) is 74.5 Å². The quantitative estimate of drug-likeness (QED) is 0.225. The lowest BCUT2D eigenvalue weighted by atomic mass is 9.68. The first-order valence-corrected chi connectivity index (χ1v) is 15.7. The maximum Gasteiger partial charge on any atom is 0.116 e. The second kappa shape index (κ2) is 15.0. The SMILES string of the molecule is C[C@]1(c2ccc(O)cc2)CSc2cc(O)ccc2[C@H]1CCCCCCCCCS(=O)CCOCCO. The van der Waals surface area contributed by atoms with Crippen molar-refractivity contribution in [3.05, 3.63) is 53.6 Å². The molecule has 1 unspecified atom stereocenters. The van der Waals surface area contributed by atoms with Crippen LogP contribution in [-0.2, 0) is 21.0 Å².